The fourth-order valence-electron chi connectivity index (χ4n) is 1.02. The molecule has 0 aliphatic rings. The van der Waals surface area contributed by atoms with E-state index >= 15 is 0 Å². The maximum absolute atomic E-state index is 11.2. The summed E-state index contributed by atoms with van der Waals surface area (Å²) >= 11 is 8.94. The van der Waals surface area contributed by atoms with Gasteiger partial charge < -0.3 is 4.74 Å². The zero-order valence-electron chi connectivity index (χ0n) is 6.67. The Hall–Kier alpha value is -0.580. The molecule has 0 saturated carbocycles. The van der Waals surface area contributed by atoms with Gasteiger partial charge in [-0.1, -0.05) is 11.6 Å². The Morgan fingerprint density at radius 3 is 3.00 bits per heavy atom. The first-order valence-electron chi connectivity index (χ1n) is 3.48. The van der Waals surface area contributed by atoms with Gasteiger partial charge >= 0.3 is 5.97 Å². The molecule has 0 amide bonds. The molecule has 0 radical (unpaired) electrons. The molecule has 13 heavy (non-hydrogen) atoms. The number of hydrogen-bond acceptors (Lipinski definition) is 4. The number of carbonyl (C=O) groups excluding carboxylic acids is 1. The number of fused-ring (bicyclic) bond motifs is 1. The van der Waals surface area contributed by atoms with Gasteiger partial charge in [0.2, 0.25) is 0 Å². The molecule has 0 spiro atoms. The lowest BCUT2D eigenvalue weighted by Crippen LogP contribution is -1.97. The third-order valence-electron chi connectivity index (χ3n) is 1.63. The van der Waals surface area contributed by atoms with Gasteiger partial charge in [-0.3, -0.25) is 0 Å². The first-order valence-corrected chi connectivity index (χ1v) is 5.55. The standard InChI is InChI=1S/C8H5ClO2S2/c1-11-7(10)6-5(9)4-2-3-12-8(4)13-6/h2-3H,1H3. The average Bonchev–Trinajstić information content (AvgIpc) is 2.68. The Bertz CT molecular complexity index is 458. The van der Waals surface area contributed by atoms with Crippen LogP contribution in [0.4, 0.5) is 0 Å². The lowest BCUT2D eigenvalue weighted by atomic mass is 10.3. The lowest BCUT2D eigenvalue weighted by molar-refractivity contribution is 0.0606. The zero-order valence-corrected chi connectivity index (χ0v) is 9.05. The van der Waals surface area contributed by atoms with Crippen LogP contribution >= 0.6 is 34.3 Å². The van der Waals surface area contributed by atoms with Crippen LogP contribution in [0.15, 0.2) is 11.4 Å². The van der Waals surface area contributed by atoms with Crippen molar-refractivity contribution in [2.24, 2.45) is 0 Å². The Morgan fingerprint density at radius 1 is 1.62 bits per heavy atom. The van der Waals surface area contributed by atoms with E-state index in [1.807, 2.05) is 11.4 Å². The zero-order chi connectivity index (χ0) is 9.42. The van der Waals surface area contributed by atoms with Gasteiger partial charge in [-0.05, 0) is 11.4 Å². The van der Waals surface area contributed by atoms with Gasteiger partial charge in [-0.2, -0.15) is 0 Å². The maximum atomic E-state index is 11.2. The normalized spacial score (nSPS) is 10.6. The summed E-state index contributed by atoms with van der Waals surface area (Å²) in [5.74, 6) is -0.363. The molecule has 2 rings (SSSR count). The predicted octanol–water partition coefficient (Wildman–Crippen LogP) is 3.40. The minimum atomic E-state index is -0.363. The van der Waals surface area contributed by atoms with E-state index in [0.717, 1.165) is 9.40 Å². The molecule has 0 aliphatic carbocycles. The second-order valence-corrected chi connectivity index (χ2v) is 4.93. The van der Waals surface area contributed by atoms with Gasteiger partial charge in [0.25, 0.3) is 0 Å². The van der Waals surface area contributed by atoms with Crippen LogP contribution in [0.5, 0.6) is 0 Å². The average molecular weight is 233 g/mol. The third kappa shape index (κ3) is 1.35. The van der Waals surface area contributed by atoms with E-state index in [9.17, 15) is 4.79 Å². The van der Waals surface area contributed by atoms with E-state index < -0.39 is 0 Å². The van der Waals surface area contributed by atoms with Crippen LogP contribution in [-0.4, -0.2) is 13.1 Å². The molecular weight excluding hydrogens is 228 g/mol. The molecule has 0 bridgehead atoms. The van der Waals surface area contributed by atoms with Crippen molar-refractivity contribution in [2.75, 3.05) is 7.11 Å². The molecule has 0 unspecified atom stereocenters. The van der Waals surface area contributed by atoms with E-state index in [1.165, 1.54) is 18.4 Å². The fourth-order valence-corrected chi connectivity index (χ4v) is 3.55. The van der Waals surface area contributed by atoms with Crippen molar-refractivity contribution in [3.63, 3.8) is 0 Å². The number of thiophene rings is 2. The van der Waals surface area contributed by atoms with Gasteiger partial charge in [0.15, 0.2) is 0 Å². The van der Waals surface area contributed by atoms with Crippen LogP contribution in [-0.2, 0) is 4.74 Å². The predicted molar refractivity (Wildman–Crippen MR) is 56.1 cm³/mol. The van der Waals surface area contributed by atoms with Gasteiger partial charge in [0.05, 0.1) is 16.1 Å². The van der Waals surface area contributed by atoms with Crippen LogP contribution < -0.4 is 0 Å². The highest BCUT2D eigenvalue weighted by atomic mass is 35.5. The highest BCUT2D eigenvalue weighted by molar-refractivity contribution is 7.38. The number of esters is 1. The molecular formula is C8H5ClO2S2. The number of carbonyl (C=O) groups is 1. The number of hydrogen-bond donors (Lipinski definition) is 0. The molecule has 0 atom stereocenters. The molecule has 0 aromatic carbocycles. The molecule has 68 valence electrons. The summed E-state index contributed by atoms with van der Waals surface area (Å²) in [5.41, 5.74) is 0. The summed E-state index contributed by atoms with van der Waals surface area (Å²) in [6.07, 6.45) is 0. The number of methoxy groups -OCH3 is 1. The molecule has 5 heteroatoms. The van der Waals surface area contributed by atoms with Crippen LogP contribution in [0.2, 0.25) is 5.02 Å². The lowest BCUT2D eigenvalue weighted by Gasteiger charge is -1.93. The molecule has 0 aliphatic heterocycles. The van der Waals surface area contributed by atoms with E-state index in [0.29, 0.717) is 9.90 Å². The summed E-state index contributed by atoms with van der Waals surface area (Å²) in [6, 6.07) is 1.91. The van der Waals surface area contributed by atoms with Crippen LogP contribution in [0.3, 0.4) is 0 Å². The summed E-state index contributed by atoms with van der Waals surface area (Å²) in [4.78, 5) is 11.7. The van der Waals surface area contributed by atoms with Crippen molar-refractivity contribution in [3.05, 3.63) is 21.3 Å². The highest BCUT2D eigenvalue weighted by Gasteiger charge is 2.17. The van der Waals surface area contributed by atoms with Gasteiger partial charge in [0.1, 0.15) is 4.88 Å². The topological polar surface area (TPSA) is 26.3 Å². The Morgan fingerprint density at radius 2 is 2.38 bits per heavy atom. The fraction of sp³-hybridized carbons (Fsp3) is 0.125. The quantitative estimate of drug-likeness (QED) is 0.705. The molecule has 2 aromatic rings. The van der Waals surface area contributed by atoms with E-state index in [-0.39, 0.29) is 5.97 Å². The van der Waals surface area contributed by atoms with Gasteiger partial charge in [0, 0.05) is 5.39 Å². The first kappa shape index (κ1) is 8.99. The van der Waals surface area contributed by atoms with Crippen LogP contribution in [0.1, 0.15) is 9.67 Å². The van der Waals surface area contributed by atoms with Gasteiger partial charge in [-0.15, -0.1) is 22.7 Å². The molecule has 0 N–H and O–H groups in total. The molecule has 0 fully saturated rings. The van der Waals surface area contributed by atoms with E-state index in [1.54, 1.807) is 11.3 Å². The second kappa shape index (κ2) is 3.29. The number of rotatable bonds is 1. The van der Waals surface area contributed by atoms with Crippen molar-refractivity contribution in [2.45, 2.75) is 0 Å². The van der Waals surface area contributed by atoms with Crippen molar-refractivity contribution in [3.8, 4) is 0 Å². The minimum absolute atomic E-state index is 0.363. The van der Waals surface area contributed by atoms with Crippen LogP contribution in [0, 0.1) is 0 Å². The van der Waals surface area contributed by atoms with Crippen molar-refractivity contribution in [1.29, 1.82) is 0 Å². The smallest absolute Gasteiger partial charge is 0.349 e. The molecule has 0 saturated heterocycles. The summed E-state index contributed by atoms with van der Waals surface area (Å²) in [7, 11) is 1.35. The molecule has 2 nitrogen and oxygen atoms in total. The molecule has 2 heterocycles. The Balaban J connectivity index is 2.64. The highest BCUT2D eigenvalue weighted by Crippen LogP contribution is 2.38. The second-order valence-electron chi connectivity index (χ2n) is 2.36. The number of halogens is 1. The van der Waals surface area contributed by atoms with E-state index in [2.05, 4.69) is 4.74 Å². The van der Waals surface area contributed by atoms with E-state index in [4.69, 9.17) is 11.6 Å². The van der Waals surface area contributed by atoms with Crippen LogP contribution in [0.25, 0.3) is 9.40 Å². The Kier molecular flexibility index (Phi) is 2.27. The maximum Gasteiger partial charge on any atom is 0.349 e. The van der Waals surface area contributed by atoms with Crippen molar-refractivity contribution < 1.29 is 9.53 Å². The monoisotopic (exact) mass is 232 g/mol. The van der Waals surface area contributed by atoms with Crippen molar-refractivity contribution >= 4 is 49.6 Å². The number of ether oxygens (including phenoxy) is 1. The summed E-state index contributed by atoms with van der Waals surface area (Å²) in [5, 5.41) is 3.40. The summed E-state index contributed by atoms with van der Waals surface area (Å²) in [6.45, 7) is 0. The Labute approximate surface area is 87.7 Å². The largest absolute Gasteiger partial charge is 0.465 e. The van der Waals surface area contributed by atoms with Gasteiger partial charge in [-0.25, -0.2) is 4.79 Å². The first-order chi connectivity index (χ1) is 6.24. The third-order valence-corrected chi connectivity index (χ3v) is 4.36. The van der Waals surface area contributed by atoms with Crippen molar-refractivity contribution in [1.82, 2.24) is 0 Å². The SMILES string of the molecule is COC(=O)c1sc2sccc2c1Cl. The summed E-state index contributed by atoms with van der Waals surface area (Å²) < 4.78 is 5.67. The minimum Gasteiger partial charge on any atom is -0.465 e. The molecule has 2 aromatic heterocycles.